The summed E-state index contributed by atoms with van der Waals surface area (Å²) in [4.78, 5) is 31.8. The van der Waals surface area contributed by atoms with Crippen molar-refractivity contribution >= 4 is 39.6 Å². The smallest absolute Gasteiger partial charge is 0.303 e. The Morgan fingerprint density at radius 2 is 1.76 bits per heavy atom. The predicted molar refractivity (Wildman–Crippen MR) is 143 cm³/mol. The number of H-pyrrole nitrogens is 1. The van der Waals surface area contributed by atoms with Crippen LogP contribution in [-0.4, -0.2) is 27.0 Å². The molecule has 6 rings (SSSR count). The Balaban J connectivity index is 1.14. The van der Waals surface area contributed by atoms with Crippen molar-refractivity contribution in [3.8, 4) is 11.4 Å². The molecule has 2 heterocycles. The monoisotopic (exact) mass is 493 g/mol. The van der Waals surface area contributed by atoms with E-state index in [1.165, 1.54) is 5.56 Å². The van der Waals surface area contributed by atoms with E-state index in [0.29, 0.717) is 23.1 Å². The number of furan rings is 1. The van der Waals surface area contributed by atoms with Crippen LogP contribution < -0.4 is 5.32 Å². The molecule has 3 N–H and O–H groups in total. The zero-order chi connectivity index (χ0) is 25.4. The van der Waals surface area contributed by atoms with Gasteiger partial charge in [0.1, 0.15) is 11.4 Å². The van der Waals surface area contributed by atoms with Crippen LogP contribution >= 0.6 is 0 Å². The number of fused-ring (bicyclic) bond motifs is 2. The number of anilines is 1. The standard InChI is InChI=1S/C30H27N3O4/c34-28(35)15-18-5-7-19(8-6-18)20-9-11-21(12-10-20)29-32-24-14-13-23(17-25(24)33-29)31-30(36)27-16-22-3-1-2-4-26(22)37-27/h1-4,9-14,16-19H,5-8,15H2,(H,31,36)(H,32,33)(H,34,35). The molecule has 1 amide bonds. The number of amides is 1. The summed E-state index contributed by atoms with van der Waals surface area (Å²) < 4.78 is 5.67. The topological polar surface area (TPSA) is 108 Å². The number of aromatic amines is 1. The van der Waals surface area contributed by atoms with E-state index in [9.17, 15) is 9.59 Å². The van der Waals surface area contributed by atoms with Gasteiger partial charge in [-0.05, 0) is 73.4 Å². The normalized spacial score (nSPS) is 17.7. The van der Waals surface area contributed by atoms with E-state index >= 15 is 0 Å². The van der Waals surface area contributed by atoms with Gasteiger partial charge in [-0.25, -0.2) is 4.98 Å². The van der Waals surface area contributed by atoms with Crippen molar-refractivity contribution in [3.05, 3.63) is 84.1 Å². The number of nitrogens with one attached hydrogen (secondary N) is 2. The molecule has 1 aliphatic carbocycles. The first-order chi connectivity index (χ1) is 18.0. The molecule has 37 heavy (non-hydrogen) atoms. The summed E-state index contributed by atoms with van der Waals surface area (Å²) in [6, 6.07) is 23.3. The second kappa shape index (κ2) is 9.58. The molecule has 1 fully saturated rings. The molecule has 5 aromatic rings. The van der Waals surface area contributed by atoms with Gasteiger partial charge in [0.05, 0.1) is 11.0 Å². The molecule has 0 spiro atoms. The third-order valence-corrected chi connectivity index (χ3v) is 7.35. The molecule has 1 aliphatic rings. The molecular formula is C30H27N3O4. The van der Waals surface area contributed by atoms with Crippen molar-refractivity contribution in [2.45, 2.75) is 38.0 Å². The van der Waals surface area contributed by atoms with E-state index in [4.69, 9.17) is 14.5 Å². The third-order valence-electron chi connectivity index (χ3n) is 7.35. The maximum absolute atomic E-state index is 12.7. The maximum Gasteiger partial charge on any atom is 0.303 e. The van der Waals surface area contributed by atoms with Crippen molar-refractivity contribution in [3.63, 3.8) is 0 Å². The fraction of sp³-hybridized carbons (Fsp3) is 0.233. The lowest BCUT2D eigenvalue weighted by atomic mass is 9.77. The van der Waals surface area contributed by atoms with E-state index in [2.05, 4.69) is 34.6 Å². The van der Waals surface area contributed by atoms with Crippen molar-refractivity contribution in [1.82, 2.24) is 9.97 Å². The minimum absolute atomic E-state index is 0.266. The summed E-state index contributed by atoms with van der Waals surface area (Å²) in [6.07, 6.45) is 4.28. The number of carbonyl (C=O) groups is 2. The number of hydrogen-bond donors (Lipinski definition) is 3. The molecule has 0 atom stereocenters. The number of hydrogen-bond acceptors (Lipinski definition) is 4. The van der Waals surface area contributed by atoms with Gasteiger partial charge in [0.2, 0.25) is 0 Å². The van der Waals surface area contributed by atoms with Crippen LogP contribution in [-0.2, 0) is 4.79 Å². The van der Waals surface area contributed by atoms with Gasteiger partial charge in [0, 0.05) is 23.1 Å². The Kier molecular flexibility index (Phi) is 5.96. The fourth-order valence-corrected chi connectivity index (χ4v) is 5.37. The first-order valence-electron chi connectivity index (χ1n) is 12.6. The Hall–Kier alpha value is -4.39. The second-order valence-corrected chi connectivity index (χ2v) is 9.86. The molecular weight excluding hydrogens is 466 g/mol. The molecule has 0 saturated heterocycles. The number of para-hydroxylation sites is 1. The number of benzene rings is 3. The number of imidazole rings is 1. The average molecular weight is 494 g/mol. The number of carbonyl (C=O) groups excluding carboxylic acids is 1. The lowest BCUT2D eigenvalue weighted by molar-refractivity contribution is -0.138. The molecule has 186 valence electrons. The van der Waals surface area contributed by atoms with Gasteiger partial charge in [-0.2, -0.15) is 0 Å². The molecule has 1 saturated carbocycles. The average Bonchev–Trinajstić information content (AvgIpc) is 3.53. The van der Waals surface area contributed by atoms with Gasteiger partial charge in [-0.1, -0.05) is 42.5 Å². The number of aliphatic carboxylic acids is 1. The zero-order valence-corrected chi connectivity index (χ0v) is 20.2. The van der Waals surface area contributed by atoms with E-state index in [1.54, 1.807) is 6.07 Å². The van der Waals surface area contributed by atoms with Gasteiger partial charge < -0.3 is 19.8 Å². The molecule has 7 nitrogen and oxygen atoms in total. The van der Waals surface area contributed by atoms with E-state index in [1.807, 2.05) is 42.5 Å². The summed E-state index contributed by atoms with van der Waals surface area (Å²) in [5.74, 6) is 0.821. The van der Waals surface area contributed by atoms with Crippen LogP contribution in [0.4, 0.5) is 5.69 Å². The Bertz CT molecular complexity index is 1560. The van der Waals surface area contributed by atoms with Gasteiger partial charge in [-0.3, -0.25) is 9.59 Å². The van der Waals surface area contributed by atoms with Crippen molar-refractivity contribution < 1.29 is 19.1 Å². The van der Waals surface area contributed by atoms with Gasteiger partial charge in [-0.15, -0.1) is 0 Å². The number of carboxylic acids is 1. The van der Waals surface area contributed by atoms with Crippen LogP contribution in [0.5, 0.6) is 0 Å². The quantitative estimate of drug-likeness (QED) is 0.237. The van der Waals surface area contributed by atoms with Gasteiger partial charge in [0.15, 0.2) is 5.76 Å². The van der Waals surface area contributed by atoms with E-state index in [-0.39, 0.29) is 18.1 Å². The van der Waals surface area contributed by atoms with Gasteiger partial charge in [0.25, 0.3) is 5.91 Å². The Morgan fingerprint density at radius 3 is 2.51 bits per heavy atom. The number of nitrogens with zero attached hydrogens (tertiary/aromatic N) is 1. The van der Waals surface area contributed by atoms with E-state index < -0.39 is 5.97 Å². The largest absolute Gasteiger partial charge is 0.481 e. The first kappa shape index (κ1) is 23.0. The van der Waals surface area contributed by atoms with Crippen LogP contribution in [0.1, 0.15) is 54.1 Å². The third kappa shape index (κ3) is 4.85. The number of carboxylic acid groups (broad SMARTS) is 1. The number of aromatic nitrogens is 2. The molecule has 0 unspecified atom stereocenters. The van der Waals surface area contributed by atoms with Crippen LogP contribution in [0, 0.1) is 5.92 Å². The summed E-state index contributed by atoms with van der Waals surface area (Å²) >= 11 is 0. The summed E-state index contributed by atoms with van der Waals surface area (Å²) in [7, 11) is 0. The second-order valence-electron chi connectivity index (χ2n) is 9.86. The van der Waals surface area contributed by atoms with Crippen LogP contribution in [0.15, 0.2) is 77.2 Å². The molecule has 0 bridgehead atoms. The minimum atomic E-state index is -0.695. The molecule has 2 aromatic heterocycles. The highest BCUT2D eigenvalue weighted by Crippen LogP contribution is 2.37. The molecule has 0 radical (unpaired) electrons. The zero-order valence-electron chi connectivity index (χ0n) is 20.2. The van der Waals surface area contributed by atoms with Crippen LogP contribution in [0.2, 0.25) is 0 Å². The SMILES string of the molecule is O=C(O)CC1CCC(c2ccc(-c3nc4ccc(NC(=O)c5cc6ccccc6o5)cc4[nH]3)cc2)CC1. The Morgan fingerprint density at radius 1 is 0.973 bits per heavy atom. The number of rotatable bonds is 6. The molecule has 7 heteroatoms. The summed E-state index contributed by atoms with van der Waals surface area (Å²) in [5.41, 5.74) is 5.27. The van der Waals surface area contributed by atoms with Crippen molar-refractivity contribution in [1.29, 1.82) is 0 Å². The van der Waals surface area contributed by atoms with Crippen molar-refractivity contribution in [2.75, 3.05) is 5.32 Å². The predicted octanol–water partition coefficient (Wildman–Crippen LogP) is 6.98. The van der Waals surface area contributed by atoms with Crippen LogP contribution in [0.3, 0.4) is 0 Å². The molecule has 0 aliphatic heterocycles. The highest BCUT2D eigenvalue weighted by molar-refractivity contribution is 6.05. The maximum atomic E-state index is 12.7. The Labute approximate surface area is 213 Å². The van der Waals surface area contributed by atoms with Crippen molar-refractivity contribution in [2.24, 2.45) is 5.92 Å². The molecule has 3 aromatic carbocycles. The first-order valence-corrected chi connectivity index (χ1v) is 12.6. The minimum Gasteiger partial charge on any atom is -0.481 e. The fourth-order valence-electron chi connectivity index (χ4n) is 5.37. The van der Waals surface area contributed by atoms with Crippen LogP contribution in [0.25, 0.3) is 33.4 Å². The lowest BCUT2D eigenvalue weighted by Gasteiger charge is -2.28. The van der Waals surface area contributed by atoms with E-state index in [0.717, 1.165) is 53.5 Å². The van der Waals surface area contributed by atoms with Gasteiger partial charge >= 0.3 is 5.97 Å². The highest BCUT2D eigenvalue weighted by Gasteiger charge is 2.24. The highest BCUT2D eigenvalue weighted by atomic mass is 16.4. The lowest BCUT2D eigenvalue weighted by Crippen LogP contribution is -2.16. The summed E-state index contributed by atoms with van der Waals surface area (Å²) in [5, 5.41) is 12.8. The summed E-state index contributed by atoms with van der Waals surface area (Å²) in [6.45, 7) is 0.